The number of pyridine rings is 1. The normalized spacial score (nSPS) is 9.46. The highest BCUT2D eigenvalue weighted by Gasteiger charge is 2.01. The summed E-state index contributed by atoms with van der Waals surface area (Å²) in [5, 5.41) is 3.87. The van der Waals surface area contributed by atoms with Crippen molar-refractivity contribution in [2.24, 2.45) is 0 Å². The molecule has 13 heavy (non-hydrogen) atoms. The van der Waals surface area contributed by atoms with Crippen LogP contribution in [0, 0.1) is 6.92 Å². The third-order valence-electron chi connectivity index (χ3n) is 1.71. The van der Waals surface area contributed by atoms with Crippen molar-refractivity contribution in [3.8, 4) is 0 Å². The first-order valence-corrected chi connectivity index (χ1v) is 5.22. The van der Waals surface area contributed by atoms with Crippen LogP contribution in [0.15, 0.2) is 22.4 Å². The zero-order chi connectivity index (χ0) is 9.84. The van der Waals surface area contributed by atoms with Crippen LogP contribution < -0.4 is 5.56 Å². The number of thiophene rings is 1. The van der Waals surface area contributed by atoms with Crippen LogP contribution in [0.5, 0.6) is 0 Å². The Morgan fingerprint density at radius 1 is 1.38 bits per heavy atom. The van der Waals surface area contributed by atoms with Gasteiger partial charge >= 0.3 is 0 Å². The largest absolute Gasteiger partial charge is 0.329 e. The van der Waals surface area contributed by atoms with E-state index >= 15 is 0 Å². The Bertz CT molecular complexity index is 441. The number of aryl methyl sites for hydroxylation is 1. The monoisotopic (exact) mass is 195 g/mol. The maximum absolute atomic E-state index is 11.2. The van der Waals surface area contributed by atoms with Gasteiger partial charge in [0.25, 0.3) is 5.56 Å². The Hall–Kier alpha value is -1.09. The van der Waals surface area contributed by atoms with Gasteiger partial charge in [0.05, 0.1) is 5.39 Å². The standard InChI is InChI=1S/C8H7NOS.C2H6/c1-5-7-6(4-11-5)2-3-9-8(7)10;1-2/h2-4H,1H3,(H,9,10);1-2H3. The Morgan fingerprint density at radius 2 is 2.08 bits per heavy atom. The van der Waals surface area contributed by atoms with E-state index in [1.165, 1.54) is 0 Å². The maximum atomic E-state index is 11.2. The molecule has 0 aliphatic heterocycles. The van der Waals surface area contributed by atoms with Gasteiger partial charge in [-0.05, 0) is 23.8 Å². The summed E-state index contributed by atoms with van der Waals surface area (Å²) < 4.78 is 0. The molecule has 2 rings (SSSR count). The Balaban J connectivity index is 0.000000396. The fourth-order valence-electron chi connectivity index (χ4n) is 1.17. The van der Waals surface area contributed by atoms with Gasteiger partial charge in [0.15, 0.2) is 0 Å². The Morgan fingerprint density at radius 3 is 2.69 bits per heavy atom. The van der Waals surface area contributed by atoms with Crippen molar-refractivity contribution >= 4 is 22.1 Å². The minimum absolute atomic E-state index is 0.0150. The molecule has 0 saturated carbocycles. The summed E-state index contributed by atoms with van der Waals surface area (Å²) in [6, 6.07) is 1.92. The minimum atomic E-state index is 0.0150. The highest BCUT2D eigenvalue weighted by Crippen LogP contribution is 2.20. The lowest BCUT2D eigenvalue weighted by Gasteiger charge is -1.87. The van der Waals surface area contributed by atoms with Crippen LogP contribution in [0.3, 0.4) is 0 Å². The number of hydrogen-bond acceptors (Lipinski definition) is 2. The highest BCUT2D eigenvalue weighted by atomic mass is 32.1. The van der Waals surface area contributed by atoms with E-state index in [4.69, 9.17) is 0 Å². The van der Waals surface area contributed by atoms with E-state index in [2.05, 4.69) is 4.98 Å². The molecular formula is C10H13NOS. The predicted molar refractivity (Wildman–Crippen MR) is 58.5 cm³/mol. The molecule has 0 unspecified atom stereocenters. The topological polar surface area (TPSA) is 32.9 Å². The first kappa shape index (κ1) is 9.99. The van der Waals surface area contributed by atoms with E-state index in [1.807, 2.05) is 32.2 Å². The van der Waals surface area contributed by atoms with E-state index in [-0.39, 0.29) is 5.56 Å². The zero-order valence-electron chi connectivity index (χ0n) is 8.05. The van der Waals surface area contributed by atoms with Crippen molar-refractivity contribution in [3.63, 3.8) is 0 Å². The first-order chi connectivity index (χ1) is 6.29. The number of nitrogens with one attached hydrogen (secondary N) is 1. The van der Waals surface area contributed by atoms with Crippen molar-refractivity contribution in [2.45, 2.75) is 20.8 Å². The van der Waals surface area contributed by atoms with Gasteiger partial charge in [0.2, 0.25) is 0 Å². The van der Waals surface area contributed by atoms with Crippen LogP contribution in [0.25, 0.3) is 10.8 Å². The SMILES string of the molecule is CC.Cc1scc2cc[nH]c(=O)c12. The molecular weight excluding hydrogens is 182 g/mol. The molecule has 0 aliphatic carbocycles. The molecule has 70 valence electrons. The predicted octanol–water partition coefficient (Wildman–Crippen LogP) is 2.92. The molecule has 0 spiro atoms. The number of aromatic nitrogens is 1. The fraction of sp³-hybridized carbons (Fsp3) is 0.300. The third-order valence-corrected chi connectivity index (χ3v) is 2.64. The van der Waals surface area contributed by atoms with Crippen LogP contribution >= 0.6 is 11.3 Å². The first-order valence-electron chi connectivity index (χ1n) is 4.34. The second-order valence-electron chi connectivity index (χ2n) is 2.43. The molecule has 0 bridgehead atoms. The number of rotatable bonds is 0. The van der Waals surface area contributed by atoms with E-state index in [0.29, 0.717) is 0 Å². The highest BCUT2D eigenvalue weighted by molar-refractivity contribution is 7.11. The summed E-state index contributed by atoms with van der Waals surface area (Å²) in [6.45, 7) is 5.96. The number of fused-ring (bicyclic) bond motifs is 1. The van der Waals surface area contributed by atoms with Crippen molar-refractivity contribution < 1.29 is 0 Å². The molecule has 0 amide bonds. The third kappa shape index (κ3) is 1.80. The van der Waals surface area contributed by atoms with Gasteiger partial charge in [-0.25, -0.2) is 0 Å². The van der Waals surface area contributed by atoms with Gasteiger partial charge in [0, 0.05) is 11.1 Å². The van der Waals surface area contributed by atoms with Crippen LogP contribution in [-0.4, -0.2) is 4.98 Å². The molecule has 1 N–H and O–H groups in total. The molecule has 2 heterocycles. The van der Waals surface area contributed by atoms with Crippen molar-refractivity contribution in [3.05, 3.63) is 32.9 Å². The van der Waals surface area contributed by atoms with E-state index in [1.54, 1.807) is 17.5 Å². The molecule has 0 aliphatic rings. The summed E-state index contributed by atoms with van der Waals surface area (Å²) in [7, 11) is 0. The van der Waals surface area contributed by atoms with Gasteiger partial charge < -0.3 is 4.98 Å². The average molecular weight is 195 g/mol. The molecule has 0 radical (unpaired) electrons. The van der Waals surface area contributed by atoms with Crippen molar-refractivity contribution in [1.82, 2.24) is 4.98 Å². The van der Waals surface area contributed by atoms with Crippen molar-refractivity contribution in [1.29, 1.82) is 0 Å². The van der Waals surface area contributed by atoms with Crippen LogP contribution in [0.4, 0.5) is 0 Å². The summed E-state index contributed by atoms with van der Waals surface area (Å²) in [5.41, 5.74) is 0.0150. The number of hydrogen-bond donors (Lipinski definition) is 1. The average Bonchev–Trinajstić information content (AvgIpc) is 2.53. The number of H-pyrrole nitrogens is 1. The van der Waals surface area contributed by atoms with Crippen LogP contribution in [-0.2, 0) is 0 Å². The Kier molecular flexibility index (Phi) is 3.25. The summed E-state index contributed by atoms with van der Waals surface area (Å²) in [5.74, 6) is 0. The second kappa shape index (κ2) is 4.23. The molecule has 0 saturated heterocycles. The zero-order valence-corrected chi connectivity index (χ0v) is 8.87. The number of aromatic amines is 1. The van der Waals surface area contributed by atoms with Crippen molar-refractivity contribution in [2.75, 3.05) is 0 Å². The molecule has 2 nitrogen and oxygen atoms in total. The smallest absolute Gasteiger partial charge is 0.256 e. The van der Waals surface area contributed by atoms with Crippen LogP contribution in [0.1, 0.15) is 18.7 Å². The molecule has 0 aromatic carbocycles. The van der Waals surface area contributed by atoms with Gasteiger partial charge in [-0.1, -0.05) is 13.8 Å². The second-order valence-corrected chi connectivity index (χ2v) is 3.51. The summed E-state index contributed by atoms with van der Waals surface area (Å²) >= 11 is 1.61. The maximum Gasteiger partial charge on any atom is 0.256 e. The molecule has 0 fully saturated rings. The minimum Gasteiger partial charge on any atom is -0.329 e. The van der Waals surface area contributed by atoms with Crippen LogP contribution in [0.2, 0.25) is 0 Å². The molecule has 2 aromatic rings. The Labute approximate surface area is 81.2 Å². The molecule has 2 aromatic heterocycles. The van der Waals surface area contributed by atoms with Gasteiger partial charge in [-0.15, -0.1) is 11.3 Å². The lowest BCUT2D eigenvalue weighted by Crippen LogP contribution is -2.03. The fourth-order valence-corrected chi connectivity index (χ4v) is 1.99. The van der Waals surface area contributed by atoms with Gasteiger partial charge in [-0.3, -0.25) is 4.79 Å². The summed E-state index contributed by atoms with van der Waals surface area (Å²) in [6.07, 6.45) is 1.68. The quantitative estimate of drug-likeness (QED) is 0.688. The van der Waals surface area contributed by atoms with E-state index in [9.17, 15) is 4.79 Å². The van der Waals surface area contributed by atoms with E-state index in [0.717, 1.165) is 15.6 Å². The molecule has 3 heteroatoms. The molecule has 0 atom stereocenters. The van der Waals surface area contributed by atoms with Gasteiger partial charge in [-0.2, -0.15) is 0 Å². The lowest BCUT2D eigenvalue weighted by atomic mass is 10.2. The lowest BCUT2D eigenvalue weighted by molar-refractivity contribution is 1.28. The van der Waals surface area contributed by atoms with Gasteiger partial charge in [0.1, 0.15) is 0 Å². The van der Waals surface area contributed by atoms with E-state index < -0.39 is 0 Å². The summed E-state index contributed by atoms with van der Waals surface area (Å²) in [4.78, 5) is 14.9.